The Morgan fingerprint density at radius 2 is 2.00 bits per heavy atom. The Morgan fingerprint density at radius 3 is 2.52 bits per heavy atom. The van der Waals surface area contributed by atoms with Gasteiger partial charge in [-0.1, -0.05) is 0 Å². The second-order valence-corrected chi connectivity index (χ2v) is 6.95. The minimum atomic E-state index is -3.39. The molecule has 0 spiro atoms. The molecule has 1 saturated heterocycles. The molecular weight excluding hydrogens is 300 g/mol. The number of hydrogen-bond acceptors (Lipinski definition) is 6. The lowest BCUT2D eigenvalue weighted by atomic mass is 10.4. The summed E-state index contributed by atoms with van der Waals surface area (Å²) in [6, 6.07) is 0. The fraction of sp³-hybridized carbons (Fsp3) is 0.700. The predicted octanol–water partition coefficient (Wildman–Crippen LogP) is -2.02. The molecule has 0 bridgehead atoms. The third-order valence-electron chi connectivity index (χ3n) is 3.05. The molecule has 0 aromatic carbocycles. The van der Waals surface area contributed by atoms with Crippen LogP contribution in [0.3, 0.4) is 0 Å². The minimum Gasteiger partial charge on any atom is -0.289 e. The highest BCUT2D eigenvalue weighted by atomic mass is 32.2. The number of rotatable bonds is 4. The van der Waals surface area contributed by atoms with E-state index in [1.54, 1.807) is 0 Å². The molecule has 1 aromatic rings. The Hall–Kier alpha value is -1.72. The first kappa shape index (κ1) is 15.7. The maximum atomic E-state index is 12.0. The van der Waals surface area contributed by atoms with Crippen LogP contribution in [0.25, 0.3) is 0 Å². The van der Waals surface area contributed by atoms with E-state index in [1.165, 1.54) is 40.6 Å². The smallest absolute Gasteiger partial charge is 0.289 e. The molecule has 0 radical (unpaired) electrons. The van der Waals surface area contributed by atoms with Gasteiger partial charge in [0.2, 0.25) is 11.2 Å². The molecule has 1 aliphatic rings. The van der Waals surface area contributed by atoms with E-state index >= 15 is 0 Å². The van der Waals surface area contributed by atoms with Crippen LogP contribution in [0.5, 0.6) is 0 Å². The number of aromatic nitrogens is 2. The molecule has 0 aliphatic carbocycles. The molecule has 1 amide bonds. The third-order valence-corrected chi connectivity index (χ3v) is 4.99. The number of nitrogens with zero attached hydrogens (tertiary/aromatic N) is 5. The second kappa shape index (κ2) is 5.95. The largest absolute Gasteiger partial charge is 0.305 e. The van der Waals surface area contributed by atoms with Crippen molar-refractivity contribution in [2.45, 2.75) is 6.92 Å². The van der Waals surface area contributed by atoms with Gasteiger partial charge >= 0.3 is 5.88 Å². The van der Waals surface area contributed by atoms with E-state index in [0.29, 0.717) is 26.2 Å². The first-order valence-corrected chi connectivity index (χ1v) is 7.79. The summed E-state index contributed by atoms with van der Waals surface area (Å²) in [6.45, 7) is 3.04. The first-order valence-electron chi connectivity index (χ1n) is 6.40. The van der Waals surface area contributed by atoms with Gasteiger partial charge in [0.25, 0.3) is 16.4 Å². The number of nitrogens with one attached hydrogen (secondary N) is 1. The molecule has 0 atom stereocenters. The van der Waals surface area contributed by atoms with Crippen LogP contribution in [-0.2, 0) is 15.0 Å². The number of anilines is 1. The van der Waals surface area contributed by atoms with Crippen LogP contribution >= 0.6 is 0 Å². The number of carbonyl (C=O) groups is 1. The summed E-state index contributed by atoms with van der Waals surface area (Å²) in [6.07, 6.45) is 1.54. The molecule has 2 rings (SSSR count). The highest BCUT2D eigenvalue weighted by Gasteiger charge is 2.32. The van der Waals surface area contributed by atoms with Crippen LogP contribution in [0.2, 0.25) is 0 Å². The molecule has 118 valence electrons. The van der Waals surface area contributed by atoms with E-state index in [0.717, 1.165) is 0 Å². The topological polar surface area (TPSA) is 103 Å². The minimum absolute atomic E-state index is 0.242. The van der Waals surface area contributed by atoms with Crippen LogP contribution in [0, 0.1) is 0 Å². The highest BCUT2D eigenvalue weighted by Crippen LogP contribution is 2.08. The zero-order valence-corrected chi connectivity index (χ0v) is 13.0. The third kappa shape index (κ3) is 3.49. The lowest BCUT2D eigenvalue weighted by Gasteiger charge is -2.30. The van der Waals surface area contributed by atoms with Gasteiger partial charge in [0.05, 0.1) is 17.9 Å². The SMILES string of the molecule is CC(=O)Nc1c[n+](N2CCN(S(=O)(=O)N(C)C)CC2)no1. The Balaban J connectivity index is 1.98. The van der Waals surface area contributed by atoms with Gasteiger partial charge < -0.3 is 0 Å². The molecule has 0 unspecified atom stereocenters. The average Bonchev–Trinajstić information content (AvgIpc) is 2.86. The summed E-state index contributed by atoms with van der Waals surface area (Å²) >= 11 is 0. The predicted molar refractivity (Wildman–Crippen MR) is 73.1 cm³/mol. The molecule has 1 fully saturated rings. The van der Waals surface area contributed by atoms with Crippen molar-refractivity contribution in [2.24, 2.45) is 0 Å². The van der Waals surface area contributed by atoms with E-state index in [9.17, 15) is 13.2 Å². The van der Waals surface area contributed by atoms with Gasteiger partial charge in [-0.15, -0.1) is 0 Å². The lowest BCUT2D eigenvalue weighted by Crippen LogP contribution is -2.66. The summed E-state index contributed by atoms with van der Waals surface area (Å²) < 4.78 is 31.6. The van der Waals surface area contributed by atoms with Crippen LogP contribution in [-0.4, -0.2) is 68.5 Å². The van der Waals surface area contributed by atoms with Crippen molar-refractivity contribution in [3.8, 4) is 0 Å². The van der Waals surface area contributed by atoms with Crippen molar-refractivity contribution in [3.63, 3.8) is 0 Å². The van der Waals surface area contributed by atoms with Gasteiger partial charge in [-0.2, -0.15) is 22.0 Å². The van der Waals surface area contributed by atoms with E-state index in [4.69, 9.17) is 4.52 Å². The van der Waals surface area contributed by atoms with Crippen molar-refractivity contribution in [1.82, 2.24) is 13.9 Å². The van der Waals surface area contributed by atoms with E-state index in [-0.39, 0.29) is 11.8 Å². The Morgan fingerprint density at radius 1 is 1.38 bits per heavy atom. The van der Waals surface area contributed by atoms with Gasteiger partial charge in [0, 0.05) is 34.1 Å². The molecule has 11 heteroatoms. The number of amides is 1. The fourth-order valence-corrected chi connectivity index (χ4v) is 3.03. The van der Waals surface area contributed by atoms with E-state index < -0.39 is 10.2 Å². The standard InChI is InChI=1S/C10H18N6O4S/c1-9(17)11-10-8-16(12-20-10)14-4-6-15(7-5-14)21(18,19)13(2)3/h8H,4-7H2,1-3H3/p+1. The summed E-state index contributed by atoms with van der Waals surface area (Å²) in [4.78, 5) is 12.4. The Kier molecular flexibility index (Phi) is 4.44. The van der Waals surface area contributed by atoms with Gasteiger partial charge in [-0.25, -0.2) is 0 Å². The molecule has 2 heterocycles. The summed E-state index contributed by atoms with van der Waals surface area (Å²) in [5.41, 5.74) is 0. The van der Waals surface area contributed by atoms with Gasteiger partial charge in [0.15, 0.2) is 0 Å². The summed E-state index contributed by atoms with van der Waals surface area (Å²) in [5.74, 6) is -0.00830. The maximum absolute atomic E-state index is 12.0. The molecule has 21 heavy (non-hydrogen) atoms. The maximum Gasteiger partial charge on any atom is 0.305 e. The van der Waals surface area contributed by atoms with Gasteiger partial charge in [-0.3, -0.25) is 14.6 Å². The van der Waals surface area contributed by atoms with Gasteiger partial charge in [0.1, 0.15) is 0 Å². The molecule has 1 aliphatic heterocycles. The van der Waals surface area contributed by atoms with Crippen LogP contribution < -0.4 is 15.1 Å². The van der Waals surface area contributed by atoms with Crippen molar-refractivity contribution >= 4 is 22.0 Å². The van der Waals surface area contributed by atoms with Crippen LogP contribution in [0.1, 0.15) is 6.92 Å². The second-order valence-electron chi connectivity index (χ2n) is 4.81. The zero-order valence-electron chi connectivity index (χ0n) is 12.2. The average molecular weight is 319 g/mol. The zero-order chi connectivity index (χ0) is 15.6. The van der Waals surface area contributed by atoms with Crippen molar-refractivity contribution in [3.05, 3.63) is 6.20 Å². The Labute approximate surface area is 123 Å². The quantitative estimate of drug-likeness (QED) is 0.643. The van der Waals surface area contributed by atoms with Crippen LogP contribution in [0.15, 0.2) is 10.7 Å². The van der Waals surface area contributed by atoms with Crippen molar-refractivity contribution < 1.29 is 22.5 Å². The fourth-order valence-electron chi connectivity index (χ4n) is 1.94. The number of piperazine rings is 1. The molecular formula is C10H19N6O4S+. The highest BCUT2D eigenvalue weighted by molar-refractivity contribution is 7.86. The number of carbonyl (C=O) groups excluding carboxylic acids is 1. The molecule has 1 N–H and O–H groups in total. The van der Waals surface area contributed by atoms with Gasteiger partial charge in [-0.05, 0) is 0 Å². The molecule has 10 nitrogen and oxygen atoms in total. The number of hydrogen-bond donors (Lipinski definition) is 1. The van der Waals surface area contributed by atoms with Crippen molar-refractivity contribution in [2.75, 3.05) is 50.6 Å². The lowest BCUT2D eigenvalue weighted by molar-refractivity contribution is -0.759. The normalized spacial score (nSPS) is 17.2. The monoisotopic (exact) mass is 319 g/mol. The first-order chi connectivity index (χ1) is 9.80. The molecule has 1 aromatic heterocycles. The van der Waals surface area contributed by atoms with E-state index in [2.05, 4.69) is 10.6 Å². The Bertz CT molecular complexity index is 605. The van der Waals surface area contributed by atoms with Crippen molar-refractivity contribution in [1.29, 1.82) is 0 Å². The summed E-state index contributed by atoms with van der Waals surface area (Å²) in [5, 5.41) is 8.10. The molecule has 0 saturated carbocycles. The summed E-state index contributed by atoms with van der Waals surface area (Å²) in [7, 11) is -0.371. The van der Waals surface area contributed by atoms with Crippen LogP contribution in [0.4, 0.5) is 5.88 Å². The van der Waals surface area contributed by atoms with E-state index in [1.807, 2.05) is 5.01 Å².